The van der Waals surface area contributed by atoms with E-state index in [0.717, 1.165) is 35.8 Å². The molecule has 1 aromatic carbocycles. The van der Waals surface area contributed by atoms with Crippen LogP contribution in [0.2, 0.25) is 0 Å². The minimum absolute atomic E-state index is 0.185. The number of nitrogens with one attached hydrogen (secondary N) is 2. The second kappa shape index (κ2) is 10.3. The molecule has 0 saturated carbocycles. The van der Waals surface area contributed by atoms with Crippen LogP contribution in [0.5, 0.6) is 5.75 Å². The summed E-state index contributed by atoms with van der Waals surface area (Å²) in [5, 5.41) is 7.54. The van der Waals surface area contributed by atoms with Gasteiger partial charge in [0.15, 0.2) is 12.6 Å². The lowest BCUT2D eigenvalue weighted by Crippen LogP contribution is -2.38. The number of ether oxygens (including phenoxy) is 1. The molecule has 1 heterocycles. The smallest absolute Gasteiger partial charge is 0.422 e. The van der Waals surface area contributed by atoms with Crippen molar-refractivity contribution in [3.05, 3.63) is 45.4 Å². The molecule has 9 heteroatoms. The fourth-order valence-electron chi connectivity index (χ4n) is 2.47. The molecule has 0 spiro atoms. The predicted molar refractivity (Wildman–Crippen MR) is 106 cm³/mol. The van der Waals surface area contributed by atoms with Crippen molar-refractivity contribution in [2.24, 2.45) is 4.99 Å². The standard InChI is InChI=1S/C19H25F3N4OS/c1-4-23-18(24-10-9-17-13(2)26-14(3)28-17)25-11-15-5-7-16(8-6-15)27-12-19(20,21)22/h5-8H,4,9-12H2,1-3H3,(H2,23,24,25). The van der Waals surface area contributed by atoms with Gasteiger partial charge in [0.25, 0.3) is 0 Å². The lowest BCUT2D eigenvalue weighted by Gasteiger charge is -2.11. The van der Waals surface area contributed by atoms with E-state index in [1.807, 2.05) is 20.8 Å². The van der Waals surface area contributed by atoms with E-state index in [4.69, 9.17) is 4.74 Å². The largest absolute Gasteiger partial charge is 0.484 e. The van der Waals surface area contributed by atoms with Crippen LogP contribution in [0.15, 0.2) is 29.3 Å². The highest BCUT2D eigenvalue weighted by atomic mass is 32.1. The molecule has 5 nitrogen and oxygen atoms in total. The molecule has 2 aromatic rings. The average Bonchev–Trinajstić information content (AvgIpc) is 2.95. The molecule has 0 atom stereocenters. The fourth-order valence-corrected chi connectivity index (χ4v) is 3.40. The quantitative estimate of drug-likeness (QED) is 0.506. The Morgan fingerprint density at radius 1 is 1.18 bits per heavy atom. The van der Waals surface area contributed by atoms with E-state index in [0.29, 0.717) is 12.5 Å². The second-order valence-electron chi connectivity index (χ2n) is 6.16. The van der Waals surface area contributed by atoms with Crippen molar-refractivity contribution in [1.29, 1.82) is 0 Å². The van der Waals surface area contributed by atoms with Crippen LogP contribution in [-0.4, -0.2) is 36.8 Å². The summed E-state index contributed by atoms with van der Waals surface area (Å²) in [5.41, 5.74) is 1.95. The Morgan fingerprint density at radius 2 is 1.89 bits per heavy atom. The first-order valence-electron chi connectivity index (χ1n) is 9.00. The molecule has 28 heavy (non-hydrogen) atoms. The Hall–Kier alpha value is -2.29. The van der Waals surface area contributed by atoms with Crippen LogP contribution < -0.4 is 15.4 Å². The number of nitrogens with zero attached hydrogens (tertiary/aromatic N) is 2. The number of aryl methyl sites for hydroxylation is 2. The minimum Gasteiger partial charge on any atom is -0.484 e. The predicted octanol–water partition coefficient (Wildman–Crippen LogP) is 4.00. The number of hydrogen-bond donors (Lipinski definition) is 2. The number of benzene rings is 1. The first-order chi connectivity index (χ1) is 13.3. The molecule has 0 aliphatic heterocycles. The number of guanidine groups is 1. The number of alkyl halides is 3. The molecule has 0 aliphatic rings. The van der Waals surface area contributed by atoms with Gasteiger partial charge in [0.2, 0.25) is 0 Å². The maximum absolute atomic E-state index is 12.2. The third-order valence-corrected chi connectivity index (χ3v) is 4.87. The zero-order valence-corrected chi connectivity index (χ0v) is 17.0. The molecule has 0 radical (unpaired) electrons. The van der Waals surface area contributed by atoms with E-state index in [2.05, 4.69) is 20.6 Å². The molecule has 0 amide bonds. The minimum atomic E-state index is -4.34. The highest BCUT2D eigenvalue weighted by Crippen LogP contribution is 2.19. The Labute approximate surface area is 167 Å². The molecule has 0 bridgehead atoms. The van der Waals surface area contributed by atoms with Crippen molar-refractivity contribution in [2.45, 2.75) is 39.9 Å². The van der Waals surface area contributed by atoms with Crippen LogP contribution >= 0.6 is 11.3 Å². The van der Waals surface area contributed by atoms with E-state index in [-0.39, 0.29) is 5.75 Å². The first-order valence-corrected chi connectivity index (χ1v) is 9.82. The van der Waals surface area contributed by atoms with Crippen molar-refractivity contribution in [1.82, 2.24) is 15.6 Å². The van der Waals surface area contributed by atoms with E-state index in [1.54, 1.807) is 23.5 Å². The lowest BCUT2D eigenvalue weighted by molar-refractivity contribution is -0.153. The molecule has 154 valence electrons. The van der Waals surface area contributed by atoms with Crippen LogP contribution in [0.4, 0.5) is 13.2 Å². The lowest BCUT2D eigenvalue weighted by atomic mass is 10.2. The Balaban J connectivity index is 1.86. The third-order valence-electron chi connectivity index (χ3n) is 3.73. The summed E-state index contributed by atoms with van der Waals surface area (Å²) < 4.78 is 41.2. The second-order valence-corrected chi connectivity index (χ2v) is 7.45. The van der Waals surface area contributed by atoms with Gasteiger partial charge in [0, 0.05) is 24.4 Å². The van der Waals surface area contributed by atoms with E-state index < -0.39 is 12.8 Å². The van der Waals surface area contributed by atoms with Gasteiger partial charge >= 0.3 is 6.18 Å². The van der Waals surface area contributed by atoms with Crippen molar-refractivity contribution in [2.75, 3.05) is 19.7 Å². The Bertz CT molecular complexity index is 772. The molecule has 0 unspecified atom stereocenters. The average molecular weight is 414 g/mol. The molecule has 0 saturated heterocycles. The molecule has 0 fully saturated rings. The van der Waals surface area contributed by atoms with Crippen LogP contribution in [0.1, 0.15) is 28.1 Å². The van der Waals surface area contributed by atoms with E-state index in [1.165, 1.54) is 17.0 Å². The van der Waals surface area contributed by atoms with Gasteiger partial charge < -0.3 is 15.4 Å². The number of halogens is 3. The number of rotatable bonds is 8. The highest BCUT2D eigenvalue weighted by Gasteiger charge is 2.28. The van der Waals surface area contributed by atoms with Gasteiger partial charge in [0.1, 0.15) is 5.75 Å². The summed E-state index contributed by atoms with van der Waals surface area (Å²) in [6.07, 6.45) is -3.47. The molecular formula is C19H25F3N4OS. The Kier molecular flexibility index (Phi) is 8.10. The fraction of sp³-hybridized carbons (Fsp3) is 0.474. The van der Waals surface area contributed by atoms with Crippen molar-refractivity contribution < 1.29 is 17.9 Å². The topological polar surface area (TPSA) is 58.5 Å². The molecule has 0 aliphatic carbocycles. The summed E-state index contributed by atoms with van der Waals surface area (Å²) in [5.74, 6) is 0.879. The van der Waals surface area contributed by atoms with E-state index >= 15 is 0 Å². The first kappa shape index (κ1) is 22.0. The summed E-state index contributed by atoms with van der Waals surface area (Å²) in [6, 6.07) is 6.46. The monoisotopic (exact) mass is 414 g/mol. The number of hydrogen-bond acceptors (Lipinski definition) is 4. The van der Waals surface area contributed by atoms with Gasteiger partial charge in [-0.1, -0.05) is 12.1 Å². The molecule has 2 N–H and O–H groups in total. The Morgan fingerprint density at radius 3 is 2.46 bits per heavy atom. The normalized spacial score (nSPS) is 12.1. The number of thiazole rings is 1. The van der Waals surface area contributed by atoms with Crippen molar-refractivity contribution >= 4 is 17.3 Å². The third kappa shape index (κ3) is 7.75. The highest BCUT2D eigenvalue weighted by molar-refractivity contribution is 7.11. The maximum Gasteiger partial charge on any atom is 0.422 e. The van der Waals surface area contributed by atoms with Gasteiger partial charge in [-0.25, -0.2) is 9.98 Å². The number of aromatic nitrogens is 1. The zero-order chi connectivity index (χ0) is 20.6. The summed E-state index contributed by atoms with van der Waals surface area (Å²) in [4.78, 5) is 10.2. The summed E-state index contributed by atoms with van der Waals surface area (Å²) in [7, 11) is 0. The van der Waals surface area contributed by atoms with Gasteiger partial charge in [-0.3, -0.25) is 0 Å². The van der Waals surface area contributed by atoms with Crippen LogP contribution in [0.3, 0.4) is 0 Å². The van der Waals surface area contributed by atoms with Gasteiger partial charge in [0.05, 0.1) is 17.2 Å². The number of aliphatic imine (C=N–C) groups is 1. The van der Waals surface area contributed by atoms with Gasteiger partial charge in [-0.05, 0) is 38.5 Å². The van der Waals surface area contributed by atoms with Crippen LogP contribution in [0.25, 0.3) is 0 Å². The molecule has 1 aromatic heterocycles. The molecular weight excluding hydrogens is 389 g/mol. The SMILES string of the molecule is CCNC(=NCc1ccc(OCC(F)(F)F)cc1)NCCc1sc(C)nc1C. The van der Waals surface area contributed by atoms with Crippen molar-refractivity contribution in [3.8, 4) is 5.75 Å². The van der Waals surface area contributed by atoms with Crippen LogP contribution in [-0.2, 0) is 13.0 Å². The van der Waals surface area contributed by atoms with Gasteiger partial charge in [-0.2, -0.15) is 13.2 Å². The maximum atomic E-state index is 12.2. The summed E-state index contributed by atoms with van der Waals surface area (Å²) in [6.45, 7) is 6.58. The molecule has 2 rings (SSSR count). The summed E-state index contributed by atoms with van der Waals surface area (Å²) >= 11 is 1.70. The van der Waals surface area contributed by atoms with Crippen LogP contribution in [0, 0.1) is 13.8 Å². The van der Waals surface area contributed by atoms with E-state index in [9.17, 15) is 13.2 Å². The zero-order valence-electron chi connectivity index (χ0n) is 16.2. The van der Waals surface area contributed by atoms with Crippen molar-refractivity contribution in [3.63, 3.8) is 0 Å². The van der Waals surface area contributed by atoms with Gasteiger partial charge in [-0.15, -0.1) is 11.3 Å².